The minimum Gasteiger partial charge on any atom is -0.364 e. The Labute approximate surface area is 187 Å². The number of carbonyl (C=O) groups is 1. The van der Waals surface area contributed by atoms with E-state index in [4.69, 9.17) is 0 Å². The Hall–Kier alpha value is -3.93. The van der Waals surface area contributed by atoms with Crippen LogP contribution in [0.5, 0.6) is 0 Å². The van der Waals surface area contributed by atoms with Crippen molar-refractivity contribution in [3.63, 3.8) is 0 Å². The van der Waals surface area contributed by atoms with Gasteiger partial charge in [0, 0.05) is 43.9 Å². The fraction of sp³-hybridized carbons (Fsp3) is 0.192. The lowest BCUT2D eigenvalue weighted by Gasteiger charge is -2.34. The third-order valence-electron chi connectivity index (χ3n) is 5.93. The molecule has 6 heteroatoms. The number of carbonyl (C=O) groups excluding carboxylic acids is 1. The van der Waals surface area contributed by atoms with Gasteiger partial charge in [-0.05, 0) is 47.4 Å². The number of anilines is 1. The number of hydrogen-bond acceptors (Lipinski definition) is 4. The van der Waals surface area contributed by atoms with Crippen molar-refractivity contribution in [2.75, 3.05) is 24.5 Å². The predicted molar refractivity (Wildman–Crippen MR) is 125 cm³/mol. The van der Waals surface area contributed by atoms with Crippen molar-refractivity contribution in [3.8, 4) is 11.1 Å². The number of H-pyrrole nitrogens is 1. The molecule has 2 aromatic heterocycles. The molecule has 32 heavy (non-hydrogen) atoms. The summed E-state index contributed by atoms with van der Waals surface area (Å²) < 4.78 is 0. The first-order valence-electron chi connectivity index (χ1n) is 10.9. The molecular formula is C26H25N5O. The van der Waals surface area contributed by atoms with Gasteiger partial charge in [-0.15, -0.1) is 0 Å². The molecule has 0 spiro atoms. The van der Waals surface area contributed by atoms with E-state index in [-0.39, 0.29) is 5.91 Å². The van der Waals surface area contributed by atoms with Crippen LogP contribution in [0.4, 0.5) is 5.69 Å². The molecule has 0 saturated carbocycles. The van der Waals surface area contributed by atoms with Crippen molar-refractivity contribution in [2.24, 2.45) is 0 Å². The van der Waals surface area contributed by atoms with Crippen LogP contribution in [0.2, 0.25) is 0 Å². The van der Waals surface area contributed by atoms with Gasteiger partial charge in [0.2, 0.25) is 0 Å². The molecule has 1 N–H and O–H groups in total. The van der Waals surface area contributed by atoms with Gasteiger partial charge in [0.25, 0.3) is 5.91 Å². The summed E-state index contributed by atoms with van der Waals surface area (Å²) in [7, 11) is 0. The summed E-state index contributed by atoms with van der Waals surface area (Å²) in [6.07, 6.45) is 7.69. The summed E-state index contributed by atoms with van der Waals surface area (Å²) in [5.41, 5.74) is 6.53. The molecule has 1 aliphatic heterocycles. The Balaban J connectivity index is 1.48. The minimum absolute atomic E-state index is 0.0299. The van der Waals surface area contributed by atoms with E-state index in [1.165, 1.54) is 22.4 Å². The van der Waals surface area contributed by atoms with E-state index < -0.39 is 0 Å². The van der Waals surface area contributed by atoms with Crippen molar-refractivity contribution >= 4 is 11.6 Å². The molecule has 6 nitrogen and oxygen atoms in total. The first-order chi connectivity index (χ1) is 15.8. The Kier molecular flexibility index (Phi) is 5.66. The molecule has 160 valence electrons. The van der Waals surface area contributed by atoms with Gasteiger partial charge in [0.05, 0.1) is 24.1 Å². The van der Waals surface area contributed by atoms with Crippen molar-refractivity contribution in [1.29, 1.82) is 0 Å². The van der Waals surface area contributed by atoms with Crippen LogP contribution in [0, 0.1) is 0 Å². The van der Waals surface area contributed by atoms with Gasteiger partial charge in [-0.1, -0.05) is 36.4 Å². The van der Waals surface area contributed by atoms with E-state index in [0.29, 0.717) is 25.2 Å². The van der Waals surface area contributed by atoms with Gasteiger partial charge in [-0.2, -0.15) is 0 Å². The van der Waals surface area contributed by atoms with Gasteiger partial charge in [-0.3, -0.25) is 9.78 Å². The highest BCUT2D eigenvalue weighted by atomic mass is 16.2. The lowest BCUT2D eigenvalue weighted by molar-refractivity contribution is 0.0759. The zero-order valence-corrected chi connectivity index (χ0v) is 17.8. The SMILES string of the molecule is O=C(c1cccnc1)N1CCc2cc(-c3ccccc3)ccc2N(Cc2cnc[nH]2)CC1. The summed E-state index contributed by atoms with van der Waals surface area (Å²) in [5, 5.41) is 0. The summed E-state index contributed by atoms with van der Waals surface area (Å²) in [4.78, 5) is 28.9. The van der Waals surface area contributed by atoms with Crippen molar-refractivity contribution in [3.05, 3.63) is 102 Å². The van der Waals surface area contributed by atoms with Crippen LogP contribution in [0.25, 0.3) is 11.1 Å². The van der Waals surface area contributed by atoms with Gasteiger partial charge in [-0.25, -0.2) is 4.98 Å². The Bertz CT molecular complexity index is 1180. The molecule has 0 aliphatic carbocycles. The monoisotopic (exact) mass is 423 g/mol. The van der Waals surface area contributed by atoms with E-state index in [0.717, 1.165) is 18.7 Å². The Morgan fingerprint density at radius 3 is 2.59 bits per heavy atom. The van der Waals surface area contributed by atoms with Gasteiger partial charge in [0.1, 0.15) is 0 Å². The number of nitrogens with zero attached hydrogens (tertiary/aromatic N) is 4. The number of pyridine rings is 1. The molecule has 5 rings (SSSR count). The van der Waals surface area contributed by atoms with Crippen LogP contribution < -0.4 is 4.90 Å². The second-order valence-electron chi connectivity index (χ2n) is 7.99. The fourth-order valence-corrected chi connectivity index (χ4v) is 4.25. The Morgan fingerprint density at radius 2 is 1.81 bits per heavy atom. The van der Waals surface area contributed by atoms with Crippen LogP contribution in [0.3, 0.4) is 0 Å². The first kappa shape index (κ1) is 20.0. The van der Waals surface area contributed by atoms with Crippen LogP contribution in [-0.4, -0.2) is 45.4 Å². The average Bonchev–Trinajstić information content (AvgIpc) is 3.36. The number of aromatic amines is 1. The number of hydrogen-bond donors (Lipinski definition) is 1. The fourth-order valence-electron chi connectivity index (χ4n) is 4.25. The van der Waals surface area contributed by atoms with Crippen LogP contribution in [-0.2, 0) is 13.0 Å². The molecular weight excluding hydrogens is 398 g/mol. The van der Waals surface area contributed by atoms with E-state index in [1.54, 1.807) is 18.7 Å². The smallest absolute Gasteiger partial charge is 0.255 e. The summed E-state index contributed by atoms with van der Waals surface area (Å²) in [5.74, 6) is 0.0299. The number of nitrogens with one attached hydrogen (secondary N) is 1. The van der Waals surface area contributed by atoms with E-state index in [2.05, 4.69) is 62.3 Å². The minimum atomic E-state index is 0.0299. The van der Waals surface area contributed by atoms with Gasteiger partial charge < -0.3 is 14.8 Å². The number of imidazole rings is 1. The molecule has 4 aromatic rings. The topological polar surface area (TPSA) is 65.1 Å². The normalized spacial score (nSPS) is 13.9. The zero-order chi connectivity index (χ0) is 21.8. The molecule has 0 fully saturated rings. The van der Waals surface area contributed by atoms with Crippen LogP contribution in [0.15, 0.2) is 85.6 Å². The molecule has 0 radical (unpaired) electrons. The molecule has 0 saturated heterocycles. The van der Waals surface area contributed by atoms with Gasteiger partial charge >= 0.3 is 0 Å². The molecule has 0 unspecified atom stereocenters. The summed E-state index contributed by atoms with van der Waals surface area (Å²) >= 11 is 0. The number of amides is 1. The van der Waals surface area contributed by atoms with Crippen molar-refractivity contribution in [2.45, 2.75) is 13.0 Å². The zero-order valence-electron chi connectivity index (χ0n) is 17.8. The first-order valence-corrected chi connectivity index (χ1v) is 10.9. The third-order valence-corrected chi connectivity index (χ3v) is 5.93. The van der Waals surface area contributed by atoms with Crippen molar-refractivity contribution < 1.29 is 4.79 Å². The molecule has 3 heterocycles. The molecule has 1 amide bonds. The molecule has 2 aromatic carbocycles. The van der Waals surface area contributed by atoms with E-state index in [1.807, 2.05) is 29.3 Å². The number of fused-ring (bicyclic) bond motifs is 1. The molecule has 1 aliphatic rings. The van der Waals surface area contributed by atoms with Crippen molar-refractivity contribution in [1.82, 2.24) is 19.9 Å². The average molecular weight is 424 g/mol. The third kappa shape index (κ3) is 4.25. The maximum absolute atomic E-state index is 13.1. The van der Waals surface area contributed by atoms with Crippen LogP contribution in [0.1, 0.15) is 21.6 Å². The highest BCUT2D eigenvalue weighted by molar-refractivity contribution is 5.94. The highest BCUT2D eigenvalue weighted by Gasteiger charge is 2.22. The molecule has 0 atom stereocenters. The van der Waals surface area contributed by atoms with E-state index in [9.17, 15) is 4.79 Å². The highest BCUT2D eigenvalue weighted by Crippen LogP contribution is 2.30. The van der Waals surface area contributed by atoms with Crippen LogP contribution >= 0.6 is 0 Å². The number of aromatic nitrogens is 3. The number of rotatable bonds is 4. The standard InChI is InChI=1S/C26H25N5O/c32-26(23-7-4-11-27-16-23)30-12-10-22-15-21(20-5-2-1-3-6-20)8-9-25(22)31(14-13-30)18-24-17-28-19-29-24/h1-9,11,15-17,19H,10,12-14,18H2,(H,28,29). The number of benzene rings is 2. The Morgan fingerprint density at radius 1 is 0.906 bits per heavy atom. The second-order valence-corrected chi connectivity index (χ2v) is 7.99. The predicted octanol–water partition coefficient (Wildman–Crippen LogP) is 4.18. The maximum atomic E-state index is 13.1. The molecule has 0 bridgehead atoms. The van der Waals surface area contributed by atoms with Gasteiger partial charge in [0.15, 0.2) is 0 Å². The van der Waals surface area contributed by atoms with E-state index >= 15 is 0 Å². The summed E-state index contributed by atoms with van der Waals surface area (Å²) in [6, 6.07) is 20.7. The lowest BCUT2D eigenvalue weighted by atomic mass is 9.98. The lowest BCUT2D eigenvalue weighted by Crippen LogP contribution is -2.42. The second kappa shape index (κ2) is 9.06. The quantitative estimate of drug-likeness (QED) is 0.535. The summed E-state index contributed by atoms with van der Waals surface area (Å²) in [6.45, 7) is 2.79. The maximum Gasteiger partial charge on any atom is 0.255 e. The largest absolute Gasteiger partial charge is 0.364 e.